The third-order valence-corrected chi connectivity index (χ3v) is 12.4. The summed E-state index contributed by atoms with van der Waals surface area (Å²) in [6.45, 7) is 0. The van der Waals surface area contributed by atoms with Gasteiger partial charge in [0.2, 0.25) is 5.95 Å². The van der Waals surface area contributed by atoms with E-state index in [0.29, 0.717) is 5.95 Å². The fourth-order valence-electron chi connectivity index (χ4n) is 8.94. The number of hydrogen-bond donors (Lipinski definition) is 0. The van der Waals surface area contributed by atoms with Crippen molar-refractivity contribution in [1.29, 1.82) is 0 Å². The molecule has 5 nitrogen and oxygen atoms in total. The van der Waals surface area contributed by atoms with Crippen molar-refractivity contribution in [3.8, 4) is 17.2 Å². The Kier molecular flexibility index (Phi) is 5.45. The lowest BCUT2D eigenvalue weighted by Gasteiger charge is -2.13. The van der Waals surface area contributed by atoms with E-state index in [1.807, 2.05) is 18.2 Å². The Morgan fingerprint density at radius 2 is 1.07 bits per heavy atom. The van der Waals surface area contributed by atoms with E-state index in [9.17, 15) is 0 Å². The summed E-state index contributed by atoms with van der Waals surface area (Å²) in [4.78, 5) is 11.1. The van der Waals surface area contributed by atoms with Crippen LogP contribution in [0, 0.1) is 0 Å². The molecule has 0 fully saturated rings. The molecule has 0 saturated carbocycles. The molecular formula is C48H25N3O2S. The summed E-state index contributed by atoms with van der Waals surface area (Å²) in [5.74, 6) is 0.637. The Bertz CT molecular complexity index is 3750. The maximum absolute atomic E-state index is 6.45. The highest BCUT2D eigenvalue weighted by Gasteiger charge is 2.25. The van der Waals surface area contributed by atoms with Crippen molar-refractivity contribution in [1.82, 2.24) is 14.5 Å². The molecule has 6 heteroatoms. The van der Waals surface area contributed by atoms with E-state index in [1.165, 1.54) is 26.2 Å². The van der Waals surface area contributed by atoms with Crippen molar-refractivity contribution < 1.29 is 8.83 Å². The number of benzene rings is 8. The van der Waals surface area contributed by atoms with Gasteiger partial charge in [-0.15, -0.1) is 11.3 Å². The van der Waals surface area contributed by atoms with Crippen LogP contribution >= 0.6 is 11.3 Å². The smallest absolute Gasteiger partial charge is 0.235 e. The Hall–Kier alpha value is -7.02. The zero-order chi connectivity index (χ0) is 35.1. The number of thiophene rings is 1. The van der Waals surface area contributed by atoms with Gasteiger partial charge < -0.3 is 8.83 Å². The maximum Gasteiger partial charge on any atom is 0.235 e. The van der Waals surface area contributed by atoms with Gasteiger partial charge in [0.15, 0.2) is 0 Å². The molecule has 0 amide bonds. The maximum atomic E-state index is 6.45. The van der Waals surface area contributed by atoms with E-state index < -0.39 is 0 Å². The predicted molar refractivity (Wildman–Crippen MR) is 224 cm³/mol. The minimum Gasteiger partial charge on any atom is -0.456 e. The minimum atomic E-state index is 0.637. The first-order chi connectivity index (χ1) is 26.8. The average molecular weight is 708 g/mol. The van der Waals surface area contributed by atoms with E-state index in [1.54, 1.807) is 11.3 Å². The van der Waals surface area contributed by atoms with E-state index in [2.05, 4.69) is 138 Å². The summed E-state index contributed by atoms with van der Waals surface area (Å²) in [6, 6.07) is 53.4. The second-order valence-electron chi connectivity index (χ2n) is 14.0. The average Bonchev–Trinajstić information content (AvgIpc) is 3.99. The lowest BCUT2D eigenvalue weighted by atomic mass is 9.94. The standard InChI is InChI=1S/C48H25N3O2S/c1-2-13-29-28(12-1)41-33(22-24-39-43(41)31-15-5-9-19-37(31)53-39)46-42(29)30-14-3-7-17-35(30)51(46)48-49-44(47-45(50-48)32-16-6-10-20-40(32)54-47)26-21-23-38-34(25-26)27-11-4-8-18-36(27)52-38/h1-25H. The molecule has 0 N–H and O–H groups in total. The van der Waals surface area contributed by atoms with Gasteiger partial charge in [0.1, 0.15) is 22.3 Å². The monoisotopic (exact) mass is 707 g/mol. The van der Waals surface area contributed by atoms with Crippen LogP contribution in [-0.4, -0.2) is 14.5 Å². The Balaban J connectivity index is 1.23. The molecule has 0 atom stereocenters. The highest BCUT2D eigenvalue weighted by molar-refractivity contribution is 7.26. The normalized spacial score (nSPS) is 12.4. The third kappa shape index (κ3) is 3.67. The number of fused-ring (bicyclic) bond motifs is 18. The van der Waals surface area contributed by atoms with Crippen molar-refractivity contribution in [2.24, 2.45) is 0 Å². The molecule has 54 heavy (non-hydrogen) atoms. The number of nitrogens with zero attached hydrogens (tertiary/aromatic N) is 3. The molecule has 0 aliphatic carbocycles. The molecule has 0 bridgehead atoms. The van der Waals surface area contributed by atoms with Crippen LogP contribution in [0.2, 0.25) is 0 Å². The molecule has 5 aromatic heterocycles. The third-order valence-electron chi connectivity index (χ3n) is 11.2. The highest BCUT2D eigenvalue weighted by atomic mass is 32.1. The second-order valence-corrected chi connectivity index (χ2v) is 15.1. The van der Waals surface area contributed by atoms with Gasteiger partial charge in [-0.05, 0) is 65.4 Å². The molecule has 0 unspecified atom stereocenters. The predicted octanol–water partition coefficient (Wildman–Crippen LogP) is 13.7. The molecule has 13 aromatic rings. The summed E-state index contributed by atoms with van der Waals surface area (Å²) >= 11 is 1.75. The van der Waals surface area contributed by atoms with Gasteiger partial charge in [-0.3, -0.25) is 4.57 Å². The lowest BCUT2D eigenvalue weighted by molar-refractivity contribution is 0.668. The molecule has 250 valence electrons. The fraction of sp³-hybridized carbons (Fsp3) is 0. The molecule has 0 radical (unpaired) electrons. The second kappa shape index (κ2) is 10.3. The zero-order valence-corrected chi connectivity index (χ0v) is 29.3. The van der Waals surface area contributed by atoms with Crippen LogP contribution in [-0.2, 0) is 0 Å². The van der Waals surface area contributed by atoms with Crippen LogP contribution in [0.4, 0.5) is 0 Å². The fourth-order valence-corrected chi connectivity index (χ4v) is 10.1. The van der Waals surface area contributed by atoms with Gasteiger partial charge in [-0.2, -0.15) is 0 Å². The van der Waals surface area contributed by atoms with Crippen LogP contribution in [0.1, 0.15) is 0 Å². The number of rotatable bonds is 2. The number of hydrogen-bond acceptors (Lipinski definition) is 5. The summed E-state index contributed by atoms with van der Waals surface area (Å²) in [5.41, 5.74) is 8.52. The van der Waals surface area contributed by atoms with Crippen LogP contribution in [0.15, 0.2) is 160 Å². The summed E-state index contributed by atoms with van der Waals surface area (Å²) in [6.07, 6.45) is 0. The lowest BCUT2D eigenvalue weighted by Crippen LogP contribution is -2.03. The van der Waals surface area contributed by atoms with Gasteiger partial charge in [0.25, 0.3) is 0 Å². The van der Waals surface area contributed by atoms with Crippen molar-refractivity contribution in [2.75, 3.05) is 0 Å². The molecule has 13 rings (SSSR count). The van der Waals surface area contributed by atoms with E-state index in [-0.39, 0.29) is 0 Å². The van der Waals surface area contributed by atoms with Gasteiger partial charge in [0, 0.05) is 58.7 Å². The highest BCUT2D eigenvalue weighted by Crippen LogP contribution is 2.47. The first-order valence-corrected chi connectivity index (χ1v) is 18.9. The molecule has 0 saturated heterocycles. The van der Waals surface area contributed by atoms with Crippen molar-refractivity contribution >= 4 is 119 Å². The van der Waals surface area contributed by atoms with Gasteiger partial charge in [0.05, 0.1) is 26.9 Å². The minimum absolute atomic E-state index is 0.637. The van der Waals surface area contributed by atoms with Gasteiger partial charge in [-0.1, -0.05) is 97.1 Å². The van der Waals surface area contributed by atoms with Crippen LogP contribution in [0.3, 0.4) is 0 Å². The number of aromatic nitrogens is 3. The van der Waals surface area contributed by atoms with Gasteiger partial charge >= 0.3 is 0 Å². The summed E-state index contributed by atoms with van der Waals surface area (Å²) < 4.78 is 17.2. The topological polar surface area (TPSA) is 57.0 Å². The molecule has 0 aliphatic rings. The van der Waals surface area contributed by atoms with Crippen molar-refractivity contribution in [3.63, 3.8) is 0 Å². The number of para-hydroxylation sites is 3. The van der Waals surface area contributed by atoms with E-state index >= 15 is 0 Å². The molecule has 0 aliphatic heterocycles. The van der Waals surface area contributed by atoms with Crippen LogP contribution in [0.5, 0.6) is 0 Å². The van der Waals surface area contributed by atoms with Gasteiger partial charge in [-0.25, -0.2) is 9.97 Å². The largest absolute Gasteiger partial charge is 0.456 e. The van der Waals surface area contributed by atoms with Crippen LogP contribution < -0.4 is 0 Å². The Morgan fingerprint density at radius 1 is 0.444 bits per heavy atom. The van der Waals surface area contributed by atoms with E-state index in [0.717, 1.165) is 92.5 Å². The van der Waals surface area contributed by atoms with Crippen molar-refractivity contribution in [3.05, 3.63) is 152 Å². The number of furan rings is 2. The first-order valence-electron chi connectivity index (χ1n) is 18.1. The Morgan fingerprint density at radius 3 is 1.93 bits per heavy atom. The quantitative estimate of drug-likeness (QED) is 0.168. The molecular weight excluding hydrogens is 683 g/mol. The Labute approximate surface area is 309 Å². The molecule has 5 heterocycles. The van der Waals surface area contributed by atoms with E-state index in [4.69, 9.17) is 18.8 Å². The first kappa shape index (κ1) is 28.6. The van der Waals surface area contributed by atoms with Crippen LogP contribution in [0.25, 0.3) is 125 Å². The zero-order valence-electron chi connectivity index (χ0n) is 28.5. The van der Waals surface area contributed by atoms with Crippen molar-refractivity contribution in [2.45, 2.75) is 0 Å². The SMILES string of the molecule is c1ccc2c(c1)oc1ccc(-c3nc(-n4c5ccccc5c5c6ccccc6c6c(ccc7oc8ccccc8c76)c54)nc4c3sc3ccccc34)cc12. The molecule has 8 aromatic carbocycles. The summed E-state index contributed by atoms with van der Waals surface area (Å²) in [7, 11) is 0. The molecule has 0 spiro atoms. The summed E-state index contributed by atoms with van der Waals surface area (Å²) in [5, 5.41) is 12.6.